The molecule has 1 amide bonds. The third-order valence-corrected chi connectivity index (χ3v) is 5.30. The topological polar surface area (TPSA) is 81.2 Å². The van der Waals surface area contributed by atoms with Gasteiger partial charge in [-0.3, -0.25) is 4.79 Å². The lowest BCUT2D eigenvalue weighted by molar-refractivity contribution is -0.115. The number of aryl methyl sites for hydroxylation is 2. The average molecular weight is 422 g/mol. The van der Waals surface area contributed by atoms with Gasteiger partial charge >= 0.3 is 5.97 Å². The summed E-state index contributed by atoms with van der Waals surface area (Å²) in [5, 5.41) is 2.94. The number of ether oxygens (including phenoxy) is 1. The molecule has 30 heavy (non-hydrogen) atoms. The SMILES string of the molecule is CCOC(=O)c1ccc(NC(=O)C(Sc2nc(C)cc(C)n2)c2ccccc2)cc1. The van der Waals surface area contributed by atoms with Crippen molar-refractivity contribution in [3.63, 3.8) is 0 Å². The second-order valence-corrected chi connectivity index (χ2v) is 7.70. The molecule has 7 heteroatoms. The molecule has 3 aromatic rings. The van der Waals surface area contributed by atoms with Crippen LogP contribution in [-0.2, 0) is 9.53 Å². The normalized spacial score (nSPS) is 11.6. The smallest absolute Gasteiger partial charge is 0.338 e. The van der Waals surface area contributed by atoms with Crippen molar-refractivity contribution in [1.82, 2.24) is 9.97 Å². The number of nitrogens with one attached hydrogen (secondary N) is 1. The van der Waals surface area contributed by atoms with E-state index in [9.17, 15) is 9.59 Å². The monoisotopic (exact) mass is 421 g/mol. The second-order valence-electron chi connectivity index (χ2n) is 6.63. The van der Waals surface area contributed by atoms with Gasteiger partial charge < -0.3 is 10.1 Å². The Hall–Kier alpha value is -3.19. The molecule has 0 aliphatic rings. The average Bonchev–Trinajstić information content (AvgIpc) is 2.72. The largest absolute Gasteiger partial charge is 0.462 e. The van der Waals surface area contributed by atoms with Crippen LogP contribution >= 0.6 is 11.8 Å². The molecule has 0 fully saturated rings. The number of rotatable bonds is 7. The van der Waals surface area contributed by atoms with E-state index >= 15 is 0 Å². The highest BCUT2D eigenvalue weighted by atomic mass is 32.2. The zero-order chi connectivity index (χ0) is 21.5. The van der Waals surface area contributed by atoms with Crippen molar-refractivity contribution in [2.45, 2.75) is 31.2 Å². The summed E-state index contributed by atoms with van der Waals surface area (Å²) in [6, 6.07) is 18.0. The van der Waals surface area contributed by atoms with Gasteiger partial charge in [0.2, 0.25) is 5.91 Å². The molecule has 0 saturated heterocycles. The van der Waals surface area contributed by atoms with Crippen molar-refractivity contribution >= 4 is 29.3 Å². The highest BCUT2D eigenvalue weighted by Crippen LogP contribution is 2.34. The highest BCUT2D eigenvalue weighted by Gasteiger charge is 2.24. The number of hydrogen-bond donors (Lipinski definition) is 1. The number of carbonyl (C=O) groups is 2. The lowest BCUT2D eigenvalue weighted by Gasteiger charge is -2.17. The van der Waals surface area contributed by atoms with E-state index in [4.69, 9.17) is 4.74 Å². The van der Waals surface area contributed by atoms with Crippen LogP contribution in [0.4, 0.5) is 5.69 Å². The molecule has 1 atom stereocenters. The van der Waals surface area contributed by atoms with Crippen LogP contribution in [0.3, 0.4) is 0 Å². The summed E-state index contributed by atoms with van der Waals surface area (Å²) in [4.78, 5) is 33.8. The van der Waals surface area contributed by atoms with Crippen molar-refractivity contribution in [2.75, 3.05) is 11.9 Å². The van der Waals surface area contributed by atoms with Gasteiger partial charge in [-0.2, -0.15) is 0 Å². The number of hydrogen-bond acceptors (Lipinski definition) is 6. The van der Waals surface area contributed by atoms with E-state index in [-0.39, 0.29) is 11.9 Å². The van der Waals surface area contributed by atoms with Crippen LogP contribution in [0.2, 0.25) is 0 Å². The summed E-state index contributed by atoms with van der Waals surface area (Å²) >= 11 is 1.30. The van der Waals surface area contributed by atoms with Gasteiger partial charge in [-0.05, 0) is 56.7 Å². The summed E-state index contributed by atoms with van der Waals surface area (Å²) in [6.45, 7) is 5.88. The zero-order valence-corrected chi connectivity index (χ0v) is 17.9. The van der Waals surface area contributed by atoms with Crippen LogP contribution in [-0.4, -0.2) is 28.5 Å². The predicted molar refractivity (Wildman–Crippen MR) is 118 cm³/mol. The van der Waals surface area contributed by atoms with Crippen LogP contribution in [0.25, 0.3) is 0 Å². The molecule has 1 N–H and O–H groups in total. The molecule has 0 aliphatic carbocycles. The number of aromatic nitrogens is 2. The first-order valence-corrected chi connectivity index (χ1v) is 10.5. The van der Waals surface area contributed by atoms with E-state index in [1.54, 1.807) is 31.2 Å². The van der Waals surface area contributed by atoms with Gasteiger partial charge in [0.15, 0.2) is 5.16 Å². The standard InChI is InChI=1S/C23H23N3O3S/c1-4-29-22(28)18-10-12-19(13-11-18)26-21(27)20(17-8-6-5-7-9-17)30-23-24-15(2)14-16(3)25-23/h5-14,20H,4H2,1-3H3,(H,26,27). The quantitative estimate of drug-likeness (QED) is 0.337. The third-order valence-electron chi connectivity index (χ3n) is 4.19. The van der Waals surface area contributed by atoms with Gasteiger partial charge in [-0.25, -0.2) is 14.8 Å². The molecule has 0 aliphatic heterocycles. The van der Waals surface area contributed by atoms with Gasteiger partial charge in [0.1, 0.15) is 5.25 Å². The van der Waals surface area contributed by atoms with Crippen LogP contribution in [0.15, 0.2) is 65.8 Å². The summed E-state index contributed by atoms with van der Waals surface area (Å²) < 4.78 is 4.99. The molecule has 154 valence electrons. The minimum atomic E-state index is -0.530. The fourth-order valence-corrected chi connectivity index (χ4v) is 3.93. The Morgan fingerprint density at radius 3 is 2.23 bits per heavy atom. The maximum absolute atomic E-state index is 13.1. The Labute approximate surface area is 180 Å². The first kappa shape index (κ1) is 21.5. The number of nitrogens with zero attached hydrogens (tertiary/aromatic N) is 2. The van der Waals surface area contributed by atoms with Crippen LogP contribution in [0, 0.1) is 13.8 Å². The molecule has 6 nitrogen and oxygen atoms in total. The van der Waals surface area contributed by atoms with Crippen molar-refractivity contribution in [3.05, 3.63) is 83.2 Å². The number of thioether (sulfide) groups is 1. The van der Waals surface area contributed by atoms with Gasteiger partial charge in [0.05, 0.1) is 12.2 Å². The van der Waals surface area contributed by atoms with E-state index in [1.807, 2.05) is 50.2 Å². The maximum atomic E-state index is 13.1. The molecule has 2 aromatic carbocycles. The van der Waals surface area contributed by atoms with E-state index in [0.717, 1.165) is 17.0 Å². The van der Waals surface area contributed by atoms with Crippen molar-refractivity contribution in [3.8, 4) is 0 Å². The Morgan fingerprint density at radius 2 is 1.63 bits per heavy atom. The zero-order valence-electron chi connectivity index (χ0n) is 17.1. The molecule has 0 spiro atoms. The Morgan fingerprint density at radius 1 is 1.00 bits per heavy atom. The highest BCUT2D eigenvalue weighted by molar-refractivity contribution is 8.00. The van der Waals surface area contributed by atoms with Crippen molar-refractivity contribution < 1.29 is 14.3 Å². The molecular weight excluding hydrogens is 398 g/mol. The Kier molecular flexibility index (Phi) is 7.19. The molecule has 3 rings (SSSR count). The first-order chi connectivity index (χ1) is 14.5. The molecule has 0 radical (unpaired) electrons. The van der Waals surface area contributed by atoms with Gasteiger partial charge in [0.25, 0.3) is 0 Å². The van der Waals surface area contributed by atoms with Crippen molar-refractivity contribution in [1.29, 1.82) is 0 Å². The lowest BCUT2D eigenvalue weighted by atomic mass is 10.1. The fourth-order valence-electron chi connectivity index (χ4n) is 2.86. The van der Waals surface area contributed by atoms with Crippen LogP contribution < -0.4 is 5.32 Å². The molecule has 1 aromatic heterocycles. The summed E-state index contributed by atoms with van der Waals surface area (Å²) in [5.74, 6) is -0.585. The summed E-state index contributed by atoms with van der Waals surface area (Å²) in [6.07, 6.45) is 0. The molecule has 0 bridgehead atoms. The fraction of sp³-hybridized carbons (Fsp3) is 0.217. The van der Waals surface area contributed by atoms with Gasteiger partial charge in [0, 0.05) is 17.1 Å². The summed E-state index contributed by atoms with van der Waals surface area (Å²) in [5.41, 5.74) is 3.59. The van der Waals surface area contributed by atoms with E-state index in [2.05, 4.69) is 15.3 Å². The number of benzene rings is 2. The second kappa shape index (κ2) is 10.0. The van der Waals surface area contributed by atoms with Crippen LogP contribution in [0.5, 0.6) is 0 Å². The van der Waals surface area contributed by atoms with E-state index < -0.39 is 5.25 Å². The lowest BCUT2D eigenvalue weighted by Crippen LogP contribution is -2.19. The van der Waals surface area contributed by atoms with Crippen molar-refractivity contribution in [2.24, 2.45) is 0 Å². The van der Waals surface area contributed by atoms with Gasteiger partial charge in [-0.1, -0.05) is 42.1 Å². The van der Waals surface area contributed by atoms with Gasteiger partial charge in [-0.15, -0.1) is 0 Å². The number of esters is 1. The summed E-state index contributed by atoms with van der Waals surface area (Å²) in [7, 11) is 0. The minimum absolute atomic E-state index is 0.196. The Balaban J connectivity index is 1.81. The van der Waals surface area contributed by atoms with Crippen LogP contribution in [0.1, 0.15) is 39.5 Å². The Bertz CT molecular complexity index is 1000. The molecular formula is C23H23N3O3S. The third kappa shape index (κ3) is 5.67. The number of carbonyl (C=O) groups excluding carboxylic acids is 2. The van der Waals surface area contributed by atoms with E-state index in [1.165, 1.54) is 11.8 Å². The maximum Gasteiger partial charge on any atom is 0.338 e. The van der Waals surface area contributed by atoms with E-state index in [0.29, 0.717) is 23.0 Å². The predicted octanol–water partition coefficient (Wildman–Crippen LogP) is 4.74. The number of amides is 1. The first-order valence-electron chi connectivity index (χ1n) is 9.58. The molecule has 1 heterocycles. The molecule has 0 saturated carbocycles. The molecule has 1 unspecified atom stereocenters. The number of anilines is 1. The minimum Gasteiger partial charge on any atom is -0.462 e.